The first-order valence-electron chi connectivity index (χ1n) is 7.00. The van der Waals surface area contributed by atoms with E-state index in [4.69, 9.17) is 11.6 Å². The molecule has 2 aliphatic rings. The number of rotatable bonds is 2. The molecule has 3 rings (SSSR count). The maximum absolute atomic E-state index is 12.7. The maximum Gasteiger partial charge on any atom is 0.244 e. The van der Waals surface area contributed by atoms with Gasteiger partial charge >= 0.3 is 0 Å². The Hall–Kier alpha value is -1.06. The van der Waals surface area contributed by atoms with E-state index in [1.165, 1.54) is 0 Å². The lowest BCUT2D eigenvalue weighted by atomic mass is 9.98. The number of carbonyl (C=O) groups is 1. The van der Waals surface area contributed by atoms with E-state index < -0.39 is 0 Å². The predicted molar refractivity (Wildman–Crippen MR) is 75.9 cm³/mol. The van der Waals surface area contributed by atoms with E-state index in [1.807, 2.05) is 36.1 Å². The first-order valence-corrected chi connectivity index (χ1v) is 7.38. The van der Waals surface area contributed by atoms with E-state index >= 15 is 0 Å². The molecule has 1 amide bonds. The molecule has 0 aromatic heterocycles. The summed E-state index contributed by atoms with van der Waals surface area (Å²) in [5.41, 5.74) is 0.759. The van der Waals surface area contributed by atoms with Gasteiger partial charge in [0, 0.05) is 11.6 Å². The average molecular weight is 279 g/mol. The summed E-state index contributed by atoms with van der Waals surface area (Å²) in [6.45, 7) is 2.76. The number of nitrogens with one attached hydrogen (secondary N) is 1. The molecule has 19 heavy (non-hydrogen) atoms. The van der Waals surface area contributed by atoms with E-state index in [9.17, 15) is 4.79 Å². The van der Waals surface area contributed by atoms with Crippen molar-refractivity contribution in [2.75, 3.05) is 6.54 Å². The first kappa shape index (κ1) is 12.9. The Morgan fingerprint density at radius 2 is 2.16 bits per heavy atom. The van der Waals surface area contributed by atoms with Crippen molar-refractivity contribution in [2.24, 2.45) is 0 Å². The summed E-state index contributed by atoms with van der Waals surface area (Å²) in [6.07, 6.45) is 4.16. The van der Waals surface area contributed by atoms with Gasteiger partial charge in [-0.1, -0.05) is 36.6 Å². The van der Waals surface area contributed by atoms with Crippen LogP contribution in [0, 0.1) is 0 Å². The number of halogens is 1. The second-order valence-corrected chi connectivity index (χ2v) is 5.92. The van der Waals surface area contributed by atoms with Gasteiger partial charge in [-0.2, -0.15) is 0 Å². The molecule has 1 aromatic rings. The Kier molecular flexibility index (Phi) is 3.27. The second kappa shape index (κ2) is 4.80. The SMILES string of the molecule is CCN1C(=O)C2(CCCC2)NC1c1cccc(Cl)c1. The summed E-state index contributed by atoms with van der Waals surface area (Å²) in [4.78, 5) is 14.6. The van der Waals surface area contributed by atoms with Crippen LogP contribution in [0.15, 0.2) is 24.3 Å². The Morgan fingerprint density at radius 3 is 2.79 bits per heavy atom. The summed E-state index contributed by atoms with van der Waals surface area (Å²) >= 11 is 6.07. The fourth-order valence-corrected chi connectivity index (χ4v) is 3.60. The van der Waals surface area contributed by atoms with Gasteiger partial charge in [-0.15, -0.1) is 0 Å². The van der Waals surface area contributed by atoms with Gasteiger partial charge < -0.3 is 4.90 Å². The van der Waals surface area contributed by atoms with Crippen molar-refractivity contribution in [1.29, 1.82) is 0 Å². The van der Waals surface area contributed by atoms with E-state index in [-0.39, 0.29) is 17.6 Å². The molecule has 1 heterocycles. The minimum Gasteiger partial charge on any atom is -0.322 e. The summed E-state index contributed by atoms with van der Waals surface area (Å²) < 4.78 is 0. The smallest absolute Gasteiger partial charge is 0.244 e. The number of nitrogens with zero attached hydrogens (tertiary/aromatic N) is 1. The number of benzene rings is 1. The highest BCUT2D eigenvalue weighted by Gasteiger charge is 2.52. The van der Waals surface area contributed by atoms with Crippen LogP contribution in [0.25, 0.3) is 0 Å². The lowest BCUT2D eigenvalue weighted by molar-refractivity contribution is -0.133. The molecule has 1 unspecified atom stereocenters. The number of hydrogen-bond acceptors (Lipinski definition) is 2. The lowest BCUT2D eigenvalue weighted by Gasteiger charge is -2.22. The van der Waals surface area contributed by atoms with Crippen LogP contribution < -0.4 is 5.32 Å². The van der Waals surface area contributed by atoms with Crippen LogP contribution in [0.4, 0.5) is 0 Å². The minimum absolute atomic E-state index is 0.0331. The van der Waals surface area contributed by atoms with Crippen molar-refractivity contribution in [3.8, 4) is 0 Å². The van der Waals surface area contributed by atoms with Crippen LogP contribution in [0.3, 0.4) is 0 Å². The summed E-state index contributed by atoms with van der Waals surface area (Å²) in [6, 6.07) is 7.79. The summed E-state index contributed by atoms with van der Waals surface area (Å²) in [5, 5.41) is 4.30. The molecular weight excluding hydrogens is 260 g/mol. The Labute approximate surface area is 118 Å². The van der Waals surface area contributed by atoms with Gasteiger partial charge in [-0.3, -0.25) is 10.1 Å². The van der Waals surface area contributed by atoms with Crippen LogP contribution in [0.2, 0.25) is 5.02 Å². The number of carbonyl (C=O) groups excluding carboxylic acids is 1. The van der Waals surface area contributed by atoms with E-state index in [2.05, 4.69) is 5.32 Å². The molecule has 1 atom stereocenters. The highest BCUT2D eigenvalue weighted by molar-refractivity contribution is 6.30. The molecule has 1 N–H and O–H groups in total. The molecule has 1 aliphatic heterocycles. The van der Waals surface area contributed by atoms with Crippen LogP contribution in [-0.2, 0) is 4.79 Å². The summed E-state index contributed by atoms with van der Waals surface area (Å²) in [5.74, 6) is 0.262. The van der Waals surface area contributed by atoms with Gasteiger partial charge in [0.15, 0.2) is 0 Å². The lowest BCUT2D eigenvalue weighted by Crippen LogP contribution is -2.43. The second-order valence-electron chi connectivity index (χ2n) is 5.48. The fourth-order valence-electron chi connectivity index (χ4n) is 3.40. The van der Waals surface area contributed by atoms with Gasteiger partial charge in [0.2, 0.25) is 5.91 Å². The highest BCUT2D eigenvalue weighted by Crippen LogP contribution is 2.40. The third kappa shape index (κ3) is 2.05. The molecule has 0 bridgehead atoms. The Bertz CT molecular complexity index is 497. The third-order valence-corrected chi connectivity index (χ3v) is 4.59. The van der Waals surface area contributed by atoms with Gasteiger partial charge in [-0.25, -0.2) is 0 Å². The molecule has 3 nitrogen and oxygen atoms in total. The first-order chi connectivity index (χ1) is 9.16. The van der Waals surface area contributed by atoms with E-state index in [1.54, 1.807) is 0 Å². The fraction of sp³-hybridized carbons (Fsp3) is 0.533. The molecule has 1 saturated carbocycles. The number of likely N-dealkylation sites (N-methyl/N-ethyl adjacent to an activating group) is 1. The van der Waals surface area contributed by atoms with Gasteiger partial charge in [-0.05, 0) is 37.5 Å². The van der Waals surface area contributed by atoms with Gasteiger partial charge in [0.05, 0.1) is 5.54 Å². The Morgan fingerprint density at radius 1 is 1.42 bits per heavy atom. The van der Waals surface area contributed by atoms with Crippen LogP contribution >= 0.6 is 11.6 Å². The molecule has 1 aromatic carbocycles. The minimum atomic E-state index is -0.316. The van der Waals surface area contributed by atoms with Crippen LogP contribution in [-0.4, -0.2) is 22.9 Å². The molecule has 1 saturated heterocycles. The standard InChI is InChI=1S/C15H19ClN2O/c1-2-18-13(11-6-5-7-12(16)10-11)17-15(14(18)19)8-3-4-9-15/h5-7,10,13,17H,2-4,8-9H2,1H3. The number of hydrogen-bond donors (Lipinski definition) is 1. The zero-order chi connectivity index (χ0) is 13.5. The van der Waals surface area contributed by atoms with Crippen molar-refractivity contribution >= 4 is 17.5 Å². The molecule has 0 radical (unpaired) electrons. The van der Waals surface area contributed by atoms with Crippen LogP contribution in [0.5, 0.6) is 0 Å². The van der Waals surface area contributed by atoms with E-state index in [0.717, 1.165) is 42.8 Å². The largest absolute Gasteiger partial charge is 0.322 e. The normalized spacial score (nSPS) is 25.5. The molecule has 2 fully saturated rings. The Balaban J connectivity index is 1.95. The molecule has 1 spiro atoms. The molecule has 102 valence electrons. The van der Waals surface area contributed by atoms with Crippen molar-refractivity contribution in [3.05, 3.63) is 34.9 Å². The maximum atomic E-state index is 12.7. The van der Waals surface area contributed by atoms with Gasteiger partial charge in [0.1, 0.15) is 6.17 Å². The van der Waals surface area contributed by atoms with Gasteiger partial charge in [0.25, 0.3) is 0 Å². The summed E-state index contributed by atoms with van der Waals surface area (Å²) in [7, 11) is 0. The highest BCUT2D eigenvalue weighted by atomic mass is 35.5. The monoisotopic (exact) mass is 278 g/mol. The molecular formula is C15H19ClN2O. The zero-order valence-electron chi connectivity index (χ0n) is 11.2. The van der Waals surface area contributed by atoms with Crippen LogP contribution in [0.1, 0.15) is 44.3 Å². The zero-order valence-corrected chi connectivity index (χ0v) is 11.9. The van der Waals surface area contributed by atoms with Crippen molar-refractivity contribution < 1.29 is 4.79 Å². The molecule has 4 heteroatoms. The van der Waals surface area contributed by atoms with Crippen molar-refractivity contribution in [1.82, 2.24) is 10.2 Å². The van der Waals surface area contributed by atoms with E-state index in [0.29, 0.717) is 0 Å². The third-order valence-electron chi connectivity index (χ3n) is 4.36. The van der Waals surface area contributed by atoms with Crippen molar-refractivity contribution in [3.63, 3.8) is 0 Å². The molecule has 1 aliphatic carbocycles. The van der Waals surface area contributed by atoms with Crippen molar-refractivity contribution in [2.45, 2.75) is 44.3 Å². The topological polar surface area (TPSA) is 32.3 Å². The number of amides is 1. The quantitative estimate of drug-likeness (QED) is 0.902. The predicted octanol–water partition coefficient (Wildman–Crippen LogP) is 3.10. The average Bonchev–Trinajstić information content (AvgIpc) is 2.98.